The van der Waals surface area contributed by atoms with Crippen molar-refractivity contribution in [3.05, 3.63) is 64.9 Å². The van der Waals surface area contributed by atoms with E-state index in [1.54, 1.807) is 25.2 Å². The lowest BCUT2D eigenvalue weighted by Gasteiger charge is -2.36. The summed E-state index contributed by atoms with van der Waals surface area (Å²) in [5, 5.41) is 3.05. The summed E-state index contributed by atoms with van der Waals surface area (Å²) in [5.74, 6) is -0.553. The third-order valence-electron chi connectivity index (χ3n) is 5.89. The highest BCUT2D eigenvalue weighted by molar-refractivity contribution is 7.91. The van der Waals surface area contributed by atoms with Gasteiger partial charge in [0.15, 0.2) is 12.4 Å². The molecule has 4 heterocycles. The van der Waals surface area contributed by atoms with Crippen molar-refractivity contribution in [2.45, 2.75) is 37.9 Å². The Labute approximate surface area is 211 Å². The van der Waals surface area contributed by atoms with Crippen LogP contribution < -0.4 is 14.8 Å². The van der Waals surface area contributed by atoms with Crippen LogP contribution in [0.4, 0.5) is 13.2 Å². The molecule has 13 heteroatoms. The number of amides is 1. The molecule has 1 amide bonds. The first-order chi connectivity index (χ1) is 16.8. The van der Waals surface area contributed by atoms with Gasteiger partial charge in [0.25, 0.3) is 11.8 Å². The molecule has 3 aliphatic heterocycles. The van der Waals surface area contributed by atoms with Gasteiger partial charge in [0.2, 0.25) is 0 Å². The van der Waals surface area contributed by atoms with E-state index < -0.39 is 34.1 Å². The fraction of sp³-hybridized carbons (Fsp3) is 0.391. The number of alkyl halides is 3. The minimum Gasteiger partial charge on any atom is -0.478 e. The molecule has 0 radical (unpaired) electrons. The number of halogens is 4. The number of hydrogen-bond acceptors (Lipinski definition) is 7. The molecule has 8 nitrogen and oxygen atoms in total. The maximum Gasteiger partial charge on any atom is 0.422 e. The van der Waals surface area contributed by atoms with Crippen LogP contribution in [0.2, 0.25) is 0 Å². The molecular weight excluding hydrogens is 523 g/mol. The lowest BCUT2D eigenvalue weighted by atomic mass is 9.94. The van der Waals surface area contributed by atoms with E-state index in [4.69, 9.17) is 21.1 Å². The third kappa shape index (κ3) is 6.22. The first kappa shape index (κ1) is 26.1. The number of nitrogens with one attached hydrogen (secondary N) is 1. The predicted molar refractivity (Wildman–Crippen MR) is 125 cm³/mol. The highest BCUT2D eigenvalue weighted by atomic mass is 35.5. The molecule has 1 aromatic rings. The Kier molecular flexibility index (Phi) is 7.11. The highest BCUT2D eigenvalue weighted by Crippen LogP contribution is 2.35. The zero-order chi connectivity index (χ0) is 26.1. The molecule has 1 fully saturated rings. The van der Waals surface area contributed by atoms with Crippen molar-refractivity contribution < 1.29 is 35.9 Å². The summed E-state index contributed by atoms with van der Waals surface area (Å²) in [5.41, 5.74) is 0.287. The fourth-order valence-electron chi connectivity index (χ4n) is 3.81. The Morgan fingerprint density at radius 3 is 2.69 bits per heavy atom. The maximum absolute atomic E-state index is 13.0. The van der Waals surface area contributed by atoms with Gasteiger partial charge in [-0.3, -0.25) is 4.79 Å². The van der Waals surface area contributed by atoms with Crippen molar-refractivity contribution in [2.75, 3.05) is 18.1 Å². The van der Waals surface area contributed by atoms with Gasteiger partial charge in [0.1, 0.15) is 20.8 Å². The molecular formula is C23H23ClF3N3O5S. The highest BCUT2D eigenvalue weighted by Gasteiger charge is 2.36. The van der Waals surface area contributed by atoms with Gasteiger partial charge in [-0.15, -0.1) is 0 Å². The second kappa shape index (κ2) is 9.81. The maximum atomic E-state index is 13.0. The fourth-order valence-corrected chi connectivity index (χ4v) is 5.85. The molecule has 1 N–H and O–H groups in total. The number of nitrogens with zero attached hydrogens (tertiary/aromatic N) is 2. The number of sulfone groups is 1. The summed E-state index contributed by atoms with van der Waals surface area (Å²) in [6.07, 6.45) is 4.23. The molecule has 4 rings (SSSR count). The second-order valence-electron chi connectivity index (χ2n) is 8.82. The quantitative estimate of drug-likeness (QED) is 0.541. The van der Waals surface area contributed by atoms with E-state index in [1.165, 1.54) is 29.4 Å². The van der Waals surface area contributed by atoms with Crippen LogP contribution in [0.15, 0.2) is 64.9 Å². The van der Waals surface area contributed by atoms with Crippen LogP contribution in [0.1, 0.15) is 26.2 Å². The SMILES string of the molecule is CC1(NC(=O)C2=C(Cl)N3C=C(Oc4ncccc4OCC(F)(F)F)C=CC3=CC2)CCS(=O)(=O)CC1. The van der Waals surface area contributed by atoms with Crippen LogP contribution >= 0.6 is 11.6 Å². The predicted octanol–water partition coefficient (Wildman–Crippen LogP) is 3.94. The molecule has 1 aromatic heterocycles. The first-order valence-corrected chi connectivity index (χ1v) is 13.2. The number of carbonyl (C=O) groups excluding carboxylic acids is 1. The minimum absolute atomic E-state index is 0.00314. The Hall–Kier alpha value is -2.99. The first-order valence-electron chi connectivity index (χ1n) is 11.0. The van der Waals surface area contributed by atoms with Crippen molar-refractivity contribution >= 4 is 27.3 Å². The number of fused-ring (bicyclic) bond motifs is 1. The van der Waals surface area contributed by atoms with E-state index in [2.05, 4.69) is 10.3 Å². The zero-order valence-corrected chi connectivity index (χ0v) is 20.7. The van der Waals surface area contributed by atoms with E-state index in [1.807, 2.05) is 0 Å². The van der Waals surface area contributed by atoms with E-state index >= 15 is 0 Å². The summed E-state index contributed by atoms with van der Waals surface area (Å²) in [6.45, 7) is 0.305. The lowest BCUT2D eigenvalue weighted by Crippen LogP contribution is -2.51. The van der Waals surface area contributed by atoms with Crippen molar-refractivity contribution in [1.82, 2.24) is 15.2 Å². The van der Waals surface area contributed by atoms with Crippen LogP contribution in [-0.4, -0.2) is 54.0 Å². The van der Waals surface area contributed by atoms with Gasteiger partial charge in [-0.05, 0) is 44.1 Å². The summed E-state index contributed by atoms with van der Waals surface area (Å²) < 4.78 is 71.7. The van der Waals surface area contributed by atoms with Gasteiger partial charge < -0.3 is 19.7 Å². The zero-order valence-electron chi connectivity index (χ0n) is 19.1. The summed E-state index contributed by atoms with van der Waals surface area (Å²) >= 11 is 6.57. The molecule has 0 spiro atoms. The van der Waals surface area contributed by atoms with Crippen molar-refractivity contribution in [3.63, 3.8) is 0 Å². The number of rotatable bonds is 6. The molecule has 0 atom stereocenters. The Morgan fingerprint density at radius 2 is 2.00 bits per heavy atom. The van der Waals surface area contributed by atoms with E-state index in [-0.39, 0.29) is 46.0 Å². The largest absolute Gasteiger partial charge is 0.478 e. The van der Waals surface area contributed by atoms with E-state index in [0.717, 1.165) is 0 Å². The number of carbonyl (C=O) groups is 1. The van der Waals surface area contributed by atoms with E-state index in [0.29, 0.717) is 18.5 Å². The number of allylic oxidation sites excluding steroid dienone is 3. The summed E-state index contributed by atoms with van der Waals surface area (Å²) in [4.78, 5) is 18.5. The number of hydrogen-bond donors (Lipinski definition) is 1. The van der Waals surface area contributed by atoms with Gasteiger partial charge in [-0.2, -0.15) is 13.2 Å². The number of pyridine rings is 1. The van der Waals surface area contributed by atoms with Gasteiger partial charge in [-0.25, -0.2) is 13.4 Å². The molecule has 0 aliphatic carbocycles. The Morgan fingerprint density at radius 1 is 1.28 bits per heavy atom. The molecule has 0 aromatic carbocycles. The van der Waals surface area contributed by atoms with Gasteiger partial charge in [0.05, 0.1) is 23.3 Å². The van der Waals surface area contributed by atoms with Crippen LogP contribution in [0.5, 0.6) is 11.6 Å². The Bertz CT molecular complexity index is 1270. The van der Waals surface area contributed by atoms with Gasteiger partial charge >= 0.3 is 6.18 Å². The minimum atomic E-state index is -4.52. The number of ether oxygens (including phenoxy) is 2. The average Bonchev–Trinajstić information content (AvgIpc) is 2.81. The molecule has 0 bridgehead atoms. The third-order valence-corrected chi connectivity index (χ3v) is 7.95. The lowest BCUT2D eigenvalue weighted by molar-refractivity contribution is -0.153. The molecule has 3 aliphatic rings. The normalized spacial score (nSPS) is 20.8. The monoisotopic (exact) mass is 545 g/mol. The molecule has 0 saturated carbocycles. The van der Waals surface area contributed by atoms with Crippen molar-refractivity contribution in [2.24, 2.45) is 0 Å². The van der Waals surface area contributed by atoms with Gasteiger partial charge in [0, 0.05) is 23.9 Å². The van der Waals surface area contributed by atoms with E-state index in [9.17, 15) is 26.4 Å². The van der Waals surface area contributed by atoms with Crippen molar-refractivity contribution in [1.29, 1.82) is 0 Å². The van der Waals surface area contributed by atoms with Crippen LogP contribution in [0, 0.1) is 0 Å². The molecule has 1 saturated heterocycles. The topological polar surface area (TPSA) is 97.8 Å². The second-order valence-corrected chi connectivity index (χ2v) is 11.5. The average molecular weight is 546 g/mol. The van der Waals surface area contributed by atoms with Gasteiger partial charge in [-0.1, -0.05) is 17.7 Å². The molecule has 194 valence electrons. The molecule has 36 heavy (non-hydrogen) atoms. The van der Waals surface area contributed by atoms with Crippen molar-refractivity contribution in [3.8, 4) is 11.6 Å². The van der Waals surface area contributed by atoms with Crippen LogP contribution in [-0.2, 0) is 14.6 Å². The summed E-state index contributed by atoms with van der Waals surface area (Å²) in [7, 11) is -3.09. The smallest absolute Gasteiger partial charge is 0.422 e. The summed E-state index contributed by atoms with van der Waals surface area (Å²) in [6, 6.07) is 2.72. The molecule has 0 unspecified atom stereocenters. The number of aromatic nitrogens is 1. The standard InChI is InChI=1S/C23H23ClF3N3O5S/c1-22(8-11-36(32,33)12-9-22)29-20(31)17-7-5-15-4-6-16(13-30(15)19(17)24)35-21-18(3-2-10-28-21)34-14-23(25,26)27/h2-6,10,13H,7-9,11-12,14H2,1H3,(H,29,31). The van der Waals surface area contributed by atoms with Crippen LogP contribution in [0.25, 0.3) is 0 Å². The van der Waals surface area contributed by atoms with Crippen LogP contribution in [0.3, 0.4) is 0 Å². The Balaban J connectivity index is 1.50.